The smallest absolute Gasteiger partial charge is 0.126 e. The van der Waals surface area contributed by atoms with Crippen molar-refractivity contribution in [2.45, 2.75) is 19.8 Å². The molecule has 0 saturated carbocycles. The summed E-state index contributed by atoms with van der Waals surface area (Å²) in [4.78, 5) is 0. The molecule has 28 heavy (non-hydrogen) atoms. The maximum atomic E-state index is 10.2. The van der Waals surface area contributed by atoms with Crippen LogP contribution in [0.4, 0.5) is 0 Å². The fourth-order valence-electron chi connectivity index (χ4n) is 3.39. The lowest BCUT2D eigenvalue weighted by Crippen LogP contribution is -2.02. The molecule has 0 amide bonds. The van der Waals surface area contributed by atoms with Crippen LogP contribution in [0.3, 0.4) is 0 Å². The van der Waals surface area contributed by atoms with Crippen LogP contribution < -0.4 is 9.47 Å². The summed E-state index contributed by atoms with van der Waals surface area (Å²) in [5, 5.41) is 11.4. The van der Waals surface area contributed by atoms with E-state index >= 15 is 0 Å². The van der Waals surface area contributed by atoms with Crippen LogP contribution >= 0.6 is 23.2 Å². The molecule has 0 unspecified atom stereocenters. The lowest BCUT2D eigenvalue weighted by atomic mass is 9.96. The van der Waals surface area contributed by atoms with Gasteiger partial charge in [-0.1, -0.05) is 40.9 Å². The first-order chi connectivity index (χ1) is 13.4. The van der Waals surface area contributed by atoms with E-state index in [9.17, 15) is 5.11 Å². The summed E-state index contributed by atoms with van der Waals surface area (Å²) in [6, 6.07) is 14.8. The molecule has 0 saturated heterocycles. The first-order valence-corrected chi connectivity index (χ1v) is 9.63. The summed E-state index contributed by atoms with van der Waals surface area (Å²) >= 11 is 12.5. The molecule has 3 nitrogen and oxygen atoms in total. The number of methoxy groups -OCH3 is 2. The Morgan fingerprint density at radius 1 is 0.750 bits per heavy atom. The second kappa shape index (κ2) is 8.76. The molecule has 0 aliphatic rings. The molecular weight excluding hydrogens is 395 g/mol. The highest BCUT2D eigenvalue weighted by Gasteiger charge is 2.16. The van der Waals surface area contributed by atoms with Gasteiger partial charge < -0.3 is 14.6 Å². The zero-order valence-corrected chi connectivity index (χ0v) is 17.6. The minimum Gasteiger partial charge on any atom is -0.508 e. The van der Waals surface area contributed by atoms with E-state index in [-0.39, 0.29) is 5.75 Å². The van der Waals surface area contributed by atoms with E-state index in [1.165, 1.54) is 0 Å². The third-order valence-electron chi connectivity index (χ3n) is 4.65. The van der Waals surface area contributed by atoms with Gasteiger partial charge in [0.15, 0.2) is 0 Å². The van der Waals surface area contributed by atoms with Crippen molar-refractivity contribution >= 4 is 23.2 Å². The summed E-state index contributed by atoms with van der Waals surface area (Å²) in [5.41, 5.74) is 4.76. The number of phenols is 1. The van der Waals surface area contributed by atoms with Crippen molar-refractivity contribution in [2.24, 2.45) is 0 Å². The van der Waals surface area contributed by atoms with Gasteiger partial charge in [0.2, 0.25) is 0 Å². The van der Waals surface area contributed by atoms with Crippen LogP contribution in [-0.4, -0.2) is 19.3 Å². The summed E-state index contributed by atoms with van der Waals surface area (Å²) in [6.07, 6.45) is 1.07. The van der Waals surface area contributed by atoms with E-state index in [1.54, 1.807) is 32.4 Å². The van der Waals surface area contributed by atoms with Crippen LogP contribution in [0.15, 0.2) is 48.5 Å². The van der Waals surface area contributed by atoms with Gasteiger partial charge in [-0.2, -0.15) is 0 Å². The Kier molecular flexibility index (Phi) is 6.38. The highest BCUT2D eigenvalue weighted by molar-refractivity contribution is 6.31. The summed E-state index contributed by atoms with van der Waals surface area (Å²) in [7, 11) is 3.30. The first kappa shape index (κ1) is 20.4. The average molecular weight is 417 g/mol. The fraction of sp³-hybridized carbons (Fsp3) is 0.217. The maximum absolute atomic E-state index is 10.2. The maximum Gasteiger partial charge on any atom is 0.126 e. The minimum absolute atomic E-state index is 0.188. The molecule has 0 aromatic heterocycles. The zero-order valence-electron chi connectivity index (χ0n) is 16.1. The van der Waals surface area contributed by atoms with Gasteiger partial charge >= 0.3 is 0 Å². The van der Waals surface area contributed by atoms with E-state index < -0.39 is 0 Å². The number of rotatable bonds is 6. The van der Waals surface area contributed by atoms with Gasteiger partial charge in [-0.3, -0.25) is 0 Å². The minimum atomic E-state index is 0.188. The normalized spacial score (nSPS) is 10.8. The van der Waals surface area contributed by atoms with Crippen LogP contribution in [0.2, 0.25) is 10.0 Å². The van der Waals surface area contributed by atoms with E-state index in [2.05, 4.69) is 6.07 Å². The molecule has 3 rings (SSSR count). The number of aryl methyl sites for hydroxylation is 1. The third-order valence-corrected chi connectivity index (χ3v) is 5.10. The van der Waals surface area contributed by atoms with Crippen molar-refractivity contribution in [1.29, 1.82) is 0 Å². The molecule has 3 aromatic rings. The van der Waals surface area contributed by atoms with Crippen LogP contribution in [-0.2, 0) is 12.8 Å². The van der Waals surface area contributed by atoms with Gasteiger partial charge in [0.05, 0.1) is 14.2 Å². The van der Waals surface area contributed by atoms with Crippen LogP contribution in [0, 0.1) is 6.92 Å². The highest BCUT2D eigenvalue weighted by Crippen LogP contribution is 2.35. The van der Waals surface area contributed by atoms with Crippen molar-refractivity contribution in [3.05, 3.63) is 86.4 Å². The molecule has 0 atom stereocenters. The average Bonchev–Trinajstić information content (AvgIpc) is 2.65. The zero-order chi connectivity index (χ0) is 20.3. The standard InChI is InChI=1S/C23H22Cl2O3/c1-14-4-7-22(27-2)16(8-14)10-18-13-20(25)12-17(23(18)28-3)9-15-11-19(24)5-6-21(15)26/h4-8,11-13,26H,9-10H2,1-3H3. The lowest BCUT2D eigenvalue weighted by Gasteiger charge is -2.17. The van der Waals surface area contributed by atoms with E-state index in [0.717, 1.165) is 33.8 Å². The van der Waals surface area contributed by atoms with Crippen LogP contribution in [0.25, 0.3) is 0 Å². The number of halogens is 2. The largest absolute Gasteiger partial charge is 0.508 e. The highest BCUT2D eigenvalue weighted by atomic mass is 35.5. The molecule has 0 heterocycles. The number of benzene rings is 3. The molecule has 5 heteroatoms. The Morgan fingerprint density at radius 3 is 2.04 bits per heavy atom. The summed E-state index contributed by atoms with van der Waals surface area (Å²) in [6.45, 7) is 2.05. The summed E-state index contributed by atoms with van der Waals surface area (Å²) < 4.78 is 11.2. The van der Waals surface area contributed by atoms with Gasteiger partial charge in [-0.05, 0) is 54.4 Å². The fourth-order valence-corrected chi connectivity index (χ4v) is 3.85. The third kappa shape index (κ3) is 4.54. The Bertz CT molecular complexity index is 999. The topological polar surface area (TPSA) is 38.7 Å². The molecule has 0 bridgehead atoms. The van der Waals surface area contributed by atoms with Crippen molar-refractivity contribution in [3.63, 3.8) is 0 Å². The molecule has 0 aliphatic carbocycles. The van der Waals surface area contributed by atoms with Crippen LogP contribution in [0.5, 0.6) is 17.2 Å². The molecule has 0 aliphatic heterocycles. The monoisotopic (exact) mass is 416 g/mol. The molecule has 3 aromatic carbocycles. The Morgan fingerprint density at radius 2 is 1.39 bits per heavy atom. The molecule has 1 N–H and O–H groups in total. The Labute approximate surface area is 175 Å². The van der Waals surface area contributed by atoms with E-state index in [0.29, 0.717) is 28.5 Å². The predicted molar refractivity (Wildman–Crippen MR) is 114 cm³/mol. The van der Waals surface area contributed by atoms with Gasteiger partial charge in [-0.25, -0.2) is 0 Å². The molecule has 146 valence electrons. The van der Waals surface area contributed by atoms with Crippen molar-refractivity contribution < 1.29 is 14.6 Å². The summed E-state index contributed by atoms with van der Waals surface area (Å²) in [5.74, 6) is 1.75. The first-order valence-electron chi connectivity index (χ1n) is 8.87. The Hall–Kier alpha value is -2.36. The van der Waals surface area contributed by atoms with Gasteiger partial charge in [0, 0.05) is 34.0 Å². The van der Waals surface area contributed by atoms with E-state index in [4.69, 9.17) is 32.7 Å². The van der Waals surface area contributed by atoms with E-state index in [1.807, 2.05) is 31.2 Å². The SMILES string of the molecule is COc1ccc(C)cc1Cc1cc(Cl)cc(Cc2cc(Cl)ccc2O)c1OC. The number of ether oxygens (including phenoxy) is 2. The quantitative estimate of drug-likeness (QED) is 0.519. The number of hydrogen-bond acceptors (Lipinski definition) is 3. The number of aromatic hydroxyl groups is 1. The van der Waals surface area contributed by atoms with Gasteiger partial charge in [0.25, 0.3) is 0 Å². The number of phenolic OH excluding ortho intramolecular Hbond substituents is 1. The second-order valence-electron chi connectivity index (χ2n) is 6.70. The molecule has 0 fully saturated rings. The second-order valence-corrected chi connectivity index (χ2v) is 7.57. The molecule has 0 spiro atoms. The predicted octanol–water partition coefficient (Wildman–Crippen LogP) is 6.21. The lowest BCUT2D eigenvalue weighted by molar-refractivity contribution is 0.402. The van der Waals surface area contributed by atoms with Gasteiger partial charge in [-0.15, -0.1) is 0 Å². The number of hydrogen-bond donors (Lipinski definition) is 1. The Balaban J connectivity index is 2.04. The van der Waals surface area contributed by atoms with Crippen molar-refractivity contribution in [2.75, 3.05) is 14.2 Å². The molecular formula is C23H22Cl2O3. The molecule has 0 radical (unpaired) electrons. The van der Waals surface area contributed by atoms with Gasteiger partial charge in [0.1, 0.15) is 17.2 Å². The van der Waals surface area contributed by atoms with Crippen LogP contribution in [0.1, 0.15) is 27.8 Å². The van der Waals surface area contributed by atoms with Crippen molar-refractivity contribution in [1.82, 2.24) is 0 Å². The van der Waals surface area contributed by atoms with Crippen molar-refractivity contribution in [3.8, 4) is 17.2 Å².